The Morgan fingerprint density at radius 2 is 2.55 bits per heavy atom. The number of nitrogens with one attached hydrogen (secondary N) is 1. The molecule has 1 rings (SSSR count). The van der Waals surface area contributed by atoms with Crippen LogP contribution in [0.3, 0.4) is 0 Å². The lowest BCUT2D eigenvalue weighted by Crippen LogP contribution is -1.77. The summed E-state index contributed by atoms with van der Waals surface area (Å²) in [5.74, 6) is 5.97. The summed E-state index contributed by atoms with van der Waals surface area (Å²) in [6.45, 7) is 1.96. The molecule has 58 valence electrons. The highest BCUT2D eigenvalue weighted by Gasteiger charge is 1.92. The Morgan fingerprint density at radius 1 is 1.73 bits per heavy atom. The molecule has 0 unspecified atom stereocenters. The molecule has 0 aliphatic carbocycles. The summed E-state index contributed by atoms with van der Waals surface area (Å²) in [5, 5.41) is 0.920. The van der Waals surface area contributed by atoms with Gasteiger partial charge in [0.25, 0.3) is 0 Å². The Balaban J connectivity index is 2.65. The Morgan fingerprint density at radius 3 is 3.09 bits per heavy atom. The molecule has 3 heteroatoms. The van der Waals surface area contributed by atoms with Gasteiger partial charge in [-0.1, -0.05) is 21.9 Å². The molecule has 0 aliphatic heterocycles. The molecule has 0 bridgehead atoms. The van der Waals surface area contributed by atoms with Gasteiger partial charge in [-0.3, -0.25) is 0 Å². The average molecular weight is 213 g/mol. The van der Waals surface area contributed by atoms with Gasteiger partial charge in [0.2, 0.25) is 0 Å². The Labute approximate surface area is 74.6 Å². The molecule has 1 aromatic rings. The summed E-state index contributed by atoms with van der Waals surface area (Å²) in [7, 11) is 0. The third-order valence-electron chi connectivity index (χ3n) is 1.26. The van der Waals surface area contributed by atoms with E-state index in [1.165, 1.54) is 0 Å². The number of aryl methyl sites for hydroxylation is 1. The fourth-order valence-corrected chi connectivity index (χ4v) is 0.877. The van der Waals surface area contributed by atoms with Crippen molar-refractivity contribution in [3.05, 3.63) is 17.7 Å². The van der Waals surface area contributed by atoms with E-state index in [1.807, 2.05) is 6.92 Å². The number of nitrogens with zero attached hydrogens (tertiary/aromatic N) is 1. The van der Waals surface area contributed by atoms with Crippen molar-refractivity contribution in [2.24, 2.45) is 0 Å². The number of aromatic nitrogens is 2. The van der Waals surface area contributed by atoms with Crippen molar-refractivity contribution in [1.82, 2.24) is 9.97 Å². The third kappa shape index (κ3) is 2.39. The van der Waals surface area contributed by atoms with Crippen LogP contribution in [0.4, 0.5) is 0 Å². The summed E-state index contributed by atoms with van der Waals surface area (Å²) in [4.78, 5) is 7.01. The zero-order valence-corrected chi connectivity index (χ0v) is 7.90. The van der Waals surface area contributed by atoms with Crippen LogP contribution in [-0.4, -0.2) is 15.3 Å². The zero-order valence-electron chi connectivity index (χ0n) is 6.32. The minimum absolute atomic E-state index is 0.853. The van der Waals surface area contributed by atoms with E-state index in [0.717, 1.165) is 23.1 Å². The molecule has 0 radical (unpaired) electrons. The van der Waals surface area contributed by atoms with E-state index in [1.54, 1.807) is 6.33 Å². The molecule has 2 nitrogen and oxygen atoms in total. The van der Waals surface area contributed by atoms with Crippen LogP contribution in [-0.2, 0) is 0 Å². The van der Waals surface area contributed by atoms with Gasteiger partial charge in [-0.05, 0) is 12.8 Å². The predicted octanol–water partition coefficient (Wildman–Crippen LogP) is 1.85. The second-order valence-corrected chi connectivity index (χ2v) is 2.91. The maximum atomic E-state index is 4.04. The molecule has 1 N–H and O–H groups in total. The summed E-state index contributed by atoms with van der Waals surface area (Å²) < 4.78 is 0. The minimum atomic E-state index is 0.853. The molecule has 11 heavy (non-hydrogen) atoms. The van der Waals surface area contributed by atoms with E-state index >= 15 is 0 Å². The van der Waals surface area contributed by atoms with Crippen LogP contribution in [0.2, 0.25) is 0 Å². The third-order valence-corrected chi connectivity index (χ3v) is 1.65. The lowest BCUT2D eigenvalue weighted by molar-refractivity contribution is 1.25. The van der Waals surface area contributed by atoms with E-state index in [0.29, 0.717) is 0 Å². The van der Waals surface area contributed by atoms with Crippen molar-refractivity contribution < 1.29 is 0 Å². The number of alkyl halides is 1. The van der Waals surface area contributed by atoms with E-state index < -0.39 is 0 Å². The lowest BCUT2D eigenvalue weighted by Gasteiger charge is -1.82. The fraction of sp³-hybridized carbons (Fsp3) is 0.375. The van der Waals surface area contributed by atoms with Crippen molar-refractivity contribution in [1.29, 1.82) is 0 Å². The Kier molecular flexibility index (Phi) is 3.18. The molecular formula is C8H9BrN2. The van der Waals surface area contributed by atoms with Gasteiger partial charge in [0.05, 0.1) is 6.33 Å². The van der Waals surface area contributed by atoms with E-state index in [4.69, 9.17) is 0 Å². The van der Waals surface area contributed by atoms with Crippen LogP contribution in [0.25, 0.3) is 0 Å². The number of H-pyrrole nitrogens is 1. The quantitative estimate of drug-likeness (QED) is 0.559. The lowest BCUT2D eigenvalue weighted by atomic mass is 10.3. The van der Waals surface area contributed by atoms with Crippen molar-refractivity contribution in [3.8, 4) is 11.8 Å². The largest absolute Gasteiger partial charge is 0.348 e. The summed E-state index contributed by atoms with van der Waals surface area (Å²) in [5.41, 5.74) is 1.89. The number of rotatable bonds is 1. The maximum absolute atomic E-state index is 4.04. The van der Waals surface area contributed by atoms with Crippen LogP contribution in [0.5, 0.6) is 0 Å². The standard InChI is InChI=1S/C8H9BrN2/c1-7-8(11-6-10-7)4-2-3-5-9/h6H,3,5H2,1H3,(H,10,11). The van der Waals surface area contributed by atoms with Gasteiger partial charge in [0.15, 0.2) is 0 Å². The highest BCUT2D eigenvalue weighted by Crippen LogP contribution is 1.97. The van der Waals surface area contributed by atoms with Crippen LogP contribution in [0.15, 0.2) is 6.33 Å². The molecule has 0 fully saturated rings. The molecule has 0 aromatic carbocycles. The first-order valence-electron chi connectivity index (χ1n) is 3.39. The van der Waals surface area contributed by atoms with Crippen LogP contribution in [0, 0.1) is 18.8 Å². The second-order valence-electron chi connectivity index (χ2n) is 2.12. The first-order valence-corrected chi connectivity index (χ1v) is 4.51. The van der Waals surface area contributed by atoms with Gasteiger partial charge < -0.3 is 4.98 Å². The Bertz CT molecular complexity index is 280. The number of hydrogen-bond donors (Lipinski definition) is 1. The van der Waals surface area contributed by atoms with Gasteiger partial charge in [-0.2, -0.15) is 0 Å². The highest BCUT2D eigenvalue weighted by molar-refractivity contribution is 9.09. The smallest absolute Gasteiger partial charge is 0.133 e. The van der Waals surface area contributed by atoms with E-state index in [-0.39, 0.29) is 0 Å². The summed E-state index contributed by atoms with van der Waals surface area (Å²) in [6.07, 6.45) is 2.53. The summed E-state index contributed by atoms with van der Waals surface area (Å²) in [6, 6.07) is 0. The second kappa shape index (κ2) is 4.20. The number of halogens is 1. The SMILES string of the molecule is Cc1[nH]cnc1C#CCCBr. The van der Waals surface area contributed by atoms with Crippen LogP contribution in [0.1, 0.15) is 17.8 Å². The zero-order chi connectivity index (χ0) is 8.10. The predicted molar refractivity (Wildman–Crippen MR) is 48.6 cm³/mol. The van der Waals surface area contributed by atoms with E-state index in [9.17, 15) is 0 Å². The number of hydrogen-bond acceptors (Lipinski definition) is 1. The first-order chi connectivity index (χ1) is 5.34. The molecule has 0 spiro atoms. The monoisotopic (exact) mass is 212 g/mol. The summed E-state index contributed by atoms with van der Waals surface area (Å²) >= 11 is 3.30. The van der Waals surface area contributed by atoms with Gasteiger partial charge in [-0.15, -0.1) is 0 Å². The Hall–Kier alpha value is -0.750. The molecule has 0 atom stereocenters. The molecule has 1 aromatic heterocycles. The van der Waals surface area contributed by atoms with Gasteiger partial charge in [0.1, 0.15) is 5.69 Å². The molecular weight excluding hydrogens is 204 g/mol. The van der Waals surface area contributed by atoms with Crippen LogP contribution < -0.4 is 0 Å². The minimum Gasteiger partial charge on any atom is -0.348 e. The molecule has 0 amide bonds. The molecule has 0 saturated heterocycles. The number of aromatic amines is 1. The first kappa shape index (κ1) is 8.35. The average Bonchev–Trinajstić information content (AvgIpc) is 2.37. The van der Waals surface area contributed by atoms with Crippen molar-refractivity contribution in [3.63, 3.8) is 0 Å². The van der Waals surface area contributed by atoms with Crippen molar-refractivity contribution in [2.75, 3.05) is 5.33 Å². The van der Waals surface area contributed by atoms with Crippen molar-refractivity contribution >= 4 is 15.9 Å². The maximum Gasteiger partial charge on any atom is 0.133 e. The van der Waals surface area contributed by atoms with Crippen molar-refractivity contribution in [2.45, 2.75) is 13.3 Å². The van der Waals surface area contributed by atoms with Crippen LogP contribution >= 0.6 is 15.9 Å². The van der Waals surface area contributed by atoms with E-state index in [2.05, 4.69) is 37.7 Å². The van der Waals surface area contributed by atoms with Gasteiger partial charge >= 0.3 is 0 Å². The highest BCUT2D eigenvalue weighted by atomic mass is 79.9. The van der Waals surface area contributed by atoms with Gasteiger partial charge in [-0.25, -0.2) is 4.98 Å². The van der Waals surface area contributed by atoms with Gasteiger partial charge in [0, 0.05) is 17.4 Å². The normalized spacial score (nSPS) is 8.91. The fourth-order valence-electron chi connectivity index (χ4n) is 0.678. The number of imidazole rings is 1. The molecule has 0 saturated carbocycles. The molecule has 0 aliphatic rings. The molecule has 1 heterocycles. The topological polar surface area (TPSA) is 28.7 Å².